The van der Waals surface area contributed by atoms with Crippen LogP contribution in [-0.4, -0.2) is 16.8 Å². The van der Waals surface area contributed by atoms with Gasteiger partial charge in [-0.15, -0.1) is 11.3 Å². The molecule has 1 aromatic heterocycles. The van der Waals surface area contributed by atoms with Gasteiger partial charge in [0.25, 0.3) is 5.91 Å². The predicted octanol–water partition coefficient (Wildman–Crippen LogP) is 3.19. The zero-order valence-electron chi connectivity index (χ0n) is 8.46. The summed E-state index contributed by atoms with van der Waals surface area (Å²) in [6, 6.07) is 3.78. The number of carbonyl (C=O) groups is 1. The average molecular weight is 288 g/mol. The Kier molecular flexibility index (Phi) is 3.46. The monoisotopic (exact) mass is 287 g/mol. The highest BCUT2D eigenvalue weighted by Gasteiger charge is 2.34. The van der Waals surface area contributed by atoms with Crippen molar-refractivity contribution in [2.75, 3.05) is 5.33 Å². The summed E-state index contributed by atoms with van der Waals surface area (Å²) in [7, 11) is 0. The van der Waals surface area contributed by atoms with E-state index in [0.29, 0.717) is 0 Å². The first-order chi connectivity index (χ1) is 7.26. The maximum absolute atomic E-state index is 11.9. The number of thiophene rings is 1. The molecule has 2 rings (SSSR count). The summed E-state index contributed by atoms with van der Waals surface area (Å²) < 4.78 is 0. The van der Waals surface area contributed by atoms with Crippen LogP contribution < -0.4 is 5.32 Å². The van der Waals surface area contributed by atoms with E-state index >= 15 is 0 Å². The highest BCUT2D eigenvalue weighted by molar-refractivity contribution is 9.09. The number of alkyl halides is 1. The van der Waals surface area contributed by atoms with Crippen molar-refractivity contribution in [2.24, 2.45) is 0 Å². The fraction of sp³-hybridized carbons (Fsp3) is 0.545. The molecule has 0 spiro atoms. The second-order valence-electron chi connectivity index (χ2n) is 4.05. The van der Waals surface area contributed by atoms with Crippen molar-refractivity contribution in [1.82, 2.24) is 5.32 Å². The highest BCUT2D eigenvalue weighted by atomic mass is 79.9. The van der Waals surface area contributed by atoms with E-state index in [-0.39, 0.29) is 11.4 Å². The molecular formula is C11H14BrNOS. The van der Waals surface area contributed by atoms with Crippen LogP contribution in [-0.2, 0) is 0 Å². The smallest absolute Gasteiger partial charge is 0.261 e. The summed E-state index contributed by atoms with van der Waals surface area (Å²) in [6.45, 7) is 0. The molecular weight excluding hydrogens is 274 g/mol. The van der Waals surface area contributed by atoms with E-state index < -0.39 is 0 Å². The van der Waals surface area contributed by atoms with Gasteiger partial charge in [-0.2, -0.15) is 0 Å². The SMILES string of the molecule is O=C(NC1(CBr)CCCC1)c1cccs1. The number of rotatable bonds is 3. The van der Waals surface area contributed by atoms with Crippen LogP contribution in [0.4, 0.5) is 0 Å². The number of nitrogens with one attached hydrogen (secondary N) is 1. The van der Waals surface area contributed by atoms with Crippen LogP contribution in [0.1, 0.15) is 35.4 Å². The third-order valence-electron chi connectivity index (χ3n) is 2.94. The molecule has 0 radical (unpaired) electrons. The summed E-state index contributed by atoms with van der Waals surface area (Å²) in [4.78, 5) is 12.7. The summed E-state index contributed by atoms with van der Waals surface area (Å²) in [5.41, 5.74) is 0.00106. The Morgan fingerprint density at radius 1 is 1.53 bits per heavy atom. The van der Waals surface area contributed by atoms with E-state index in [4.69, 9.17) is 0 Å². The van der Waals surface area contributed by atoms with Gasteiger partial charge in [-0.25, -0.2) is 0 Å². The number of halogens is 1. The van der Waals surface area contributed by atoms with Crippen LogP contribution in [0.15, 0.2) is 17.5 Å². The van der Waals surface area contributed by atoms with Crippen molar-refractivity contribution in [3.05, 3.63) is 22.4 Å². The van der Waals surface area contributed by atoms with Crippen molar-refractivity contribution in [2.45, 2.75) is 31.2 Å². The van der Waals surface area contributed by atoms with E-state index in [0.717, 1.165) is 23.0 Å². The summed E-state index contributed by atoms with van der Waals surface area (Å²) >= 11 is 5.01. The molecule has 0 aromatic carbocycles. The molecule has 0 aliphatic heterocycles. The van der Waals surface area contributed by atoms with Gasteiger partial charge in [-0.1, -0.05) is 34.8 Å². The second-order valence-corrected chi connectivity index (χ2v) is 5.56. The van der Waals surface area contributed by atoms with Gasteiger partial charge in [-0.3, -0.25) is 4.79 Å². The summed E-state index contributed by atoms with van der Waals surface area (Å²) in [5, 5.41) is 5.96. The van der Waals surface area contributed by atoms with Gasteiger partial charge in [0.1, 0.15) is 0 Å². The van der Waals surface area contributed by atoms with Gasteiger partial charge in [0.05, 0.1) is 10.4 Å². The van der Waals surface area contributed by atoms with E-state index in [1.807, 2.05) is 17.5 Å². The Morgan fingerprint density at radius 2 is 2.27 bits per heavy atom. The Balaban J connectivity index is 2.04. The Bertz CT molecular complexity index is 330. The van der Waals surface area contributed by atoms with E-state index in [1.54, 1.807) is 0 Å². The summed E-state index contributed by atoms with van der Waals surface area (Å²) in [6.07, 6.45) is 4.62. The van der Waals surface area contributed by atoms with E-state index in [1.165, 1.54) is 24.2 Å². The number of hydrogen-bond donors (Lipinski definition) is 1. The fourth-order valence-electron chi connectivity index (χ4n) is 2.05. The lowest BCUT2D eigenvalue weighted by Gasteiger charge is -2.27. The molecule has 2 nitrogen and oxygen atoms in total. The number of hydrogen-bond acceptors (Lipinski definition) is 2. The minimum Gasteiger partial charge on any atom is -0.345 e. The van der Waals surface area contributed by atoms with Gasteiger partial charge < -0.3 is 5.32 Å². The normalized spacial score (nSPS) is 19.0. The molecule has 0 bridgehead atoms. The first-order valence-corrected chi connectivity index (χ1v) is 7.18. The quantitative estimate of drug-likeness (QED) is 0.850. The highest BCUT2D eigenvalue weighted by Crippen LogP contribution is 2.31. The average Bonchev–Trinajstić information content (AvgIpc) is 2.88. The van der Waals surface area contributed by atoms with Crippen LogP contribution in [0.2, 0.25) is 0 Å². The standard InChI is InChI=1S/C11H14BrNOS/c12-8-11(5-1-2-6-11)13-10(14)9-4-3-7-15-9/h3-4,7H,1-2,5-6,8H2,(H,13,14). The first kappa shape index (κ1) is 11.1. The lowest BCUT2D eigenvalue weighted by molar-refractivity contribution is 0.0914. The van der Waals surface area contributed by atoms with Crippen molar-refractivity contribution in [3.8, 4) is 0 Å². The van der Waals surface area contributed by atoms with Crippen molar-refractivity contribution >= 4 is 33.2 Å². The van der Waals surface area contributed by atoms with E-state index in [9.17, 15) is 4.79 Å². The Labute approximate surface area is 102 Å². The topological polar surface area (TPSA) is 29.1 Å². The Hall–Kier alpha value is -0.350. The molecule has 0 atom stereocenters. The maximum atomic E-state index is 11.9. The van der Waals surface area contributed by atoms with Gasteiger partial charge in [0.15, 0.2) is 0 Å². The van der Waals surface area contributed by atoms with Crippen LogP contribution in [0.3, 0.4) is 0 Å². The minimum atomic E-state index is 0.00106. The van der Waals surface area contributed by atoms with Crippen molar-refractivity contribution in [1.29, 1.82) is 0 Å². The third-order valence-corrected chi connectivity index (χ3v) is 4.88. The molecule has 1 heterocycles. The fourth-order valence-corrected chi connectivity index (χ4v) is 3.37. The molecule has 1 aromatic rings. The predicted molar refractivity (Wildman–Crippen MR) is 66.8 cm³/mol. The molecule has 15 heavy (non-hydrogen) atoms. The largest absolute Gasteiger partial charge is 0.345 e. The molecule has 1 fully saturated rings. The zero-order valence-corrected chi connectivity index (χ0v) is 10.9. The molecule has 82 valence electrons. The lowest BCUT2D eigenvalue weighted by atomic mass is 10.0. The maximum Gasteiger partial charge on any atom is 0.261 e. The number of amides is 1. The minimum absolute atomic E-state index is 0.00106. The van der Waals surface area contributed by atoms with Crippen LogP contribution in [0, 0.1) is 0 Å². The number of carbonyl (C=O) groups excluding carboxylic acids is 1. The lowest BCUT2D eigenvalue weighted by Crippen LogP contribution is -2.47. The van der Waals surface area contributed by atoms with Gasteiger partial charge in [-0.05, 0) is 24.3 Å². The molecule has 0 unspecified atom stereocenters. The van der Waals surface area contributed by atoms with Crippen molar-refractivity contribution < 1.29 is 4.79 Å². The third kappa shape index (κ3) is 2.42. The Morgan fingerprint density at radius 3 is 2.80 bits per heavy atom. The summed E-state index contributed by atoms with van der Waals surface area (Å²) in [5.74, 6) is 0.0753. The molecule has 1 aliphatic carbocycles. The van der Waals surface area contributed by atoms with Crippen molar-refractivity contribution in [3.63, 3.8) is 0 Å². The van der Waals surface area contributed by atoms with Gasteiger partial charge in [0, 0.05) is 5.33 Å². The van der Waals surface area contributed by atoms with Crippen LogP contribution in [0.25, 0.3) is 0 Å². The molecule has 1 saturated carbocycles. The molecule has 1 aliphatic rings. The van der Waals surface area contributed by atoms with Crippen LogP contribution >= 0.6 is 27.3 Å². The van der Waals surface area contributed by atoms with Gasteiger partial charge >= 0.3 is 0 Å². The van der Waals surface area contributed by atoms with Gasteiger partial charge in [0.2, 0.25) is 0 Å². The second kappa shape index (κ2) is 4.66. The zero-order chi connectivity index (χ0) is 10.7. The van der Waals surface area contributed by atoms with E-state index in [2.05, 4.69) is 21.2 Å². The molecule has 4 heteroatoms. The molecule has 0 saturated heterocycles. The first-order valence-electron chi connectivity index (χ1n) is 5.18. The molecule has 1 N–H and O–H groups in total. The molecule has 1 amide bonds. The van der Waals surface area contributed by atoms with Crippen LogP contribution in [0.5, 0.6) is 0 Å².